The quantitative estimate of drug-likeness (QED) is 0.411. The zero-order valence-corrected chi connectivity index (χ0v) is 19.1. The van der Waals surface area contributed by atoms with Gasteiger partial charge in [0.1, 0.15) is 0 Å². The summed E-state index contributed by atoms with van der Waals surface area (Å²) >= 11 is 0. The van der Waals surface area contributed by atoms with Gasteiger partial charge >= 0.3 is 12.0 Å². The number of urea groups is 1. The lowest BCUT2D eigenvalue weighted by Crippen LogP contribution is -2.56. The number of nitrogens with one attached hydrogen (secondary N) is 1. The molecule has 2 aliphatic heterocycles. The number of piperazine rings is 1. The number of rotatable bonds is 6. The molecule has 2 saturated heterocycles. The first kappa shape index (κ1) is 23.9. The second-order valence-electron chi connectivity index (χ2n) is 8.58. The molecule has 8 nitrogen and oxygen atoms in total. The molecule has 1 N–H and O–H groups in total. The number of benzene rings is 1. The highest BCUT2D eigenvalue weighted by atomic mass is 16.5. The van der Waals surface area contributed by atoms with E-state index in [9.17, 15) is 14.4 Å². The third-order valence-electron chi connectivity index (χ3n) is 6.53. The number of methoxy groups -OCH3 is 1. The Morgan fingerprint density at radius 3 is 2.50 bits per heavy atom. The van der Waals surface area contributed by atoms with Crippen molar-refractivity contribution in [2.45, 2.75) is 39.0 Å². The largest absolute Gasteiger partial charge is 0.468 e. The highest BCUT2D eigenvalue weighted by molar-refractivity contribution is 6.13. The van der Waals surface area contributed by atoms with Crippen LogP contribution in [0.3, 0.4) is 0 Å². The molecule has 0 spiro atoms. The normalized spacial score (nSPS) is 26.7. The van der Waals surface area contributed by atoms with Crippen LogP contribution in [0.15, 0.2) is 42.5 Å². The maximum absolute atomic E-state index is 12.9. The van der Waals surface area contributed by atoms with Gasteiger partial charge in [-0.05, 0) is 25.8 Å². The fourth-order valence-corrected chi connectivity index (χ4v) is 4.28. The summed E-state index contributed by atoms with van der Waals surface area (Å²) in [6.45, 7) is 11.0. The zero-order chi connectivity index (χ0) is 23.3. The molecule has 0 bridgehead atoms. The van der Waals surface area contributed by atoms with Gasteiger partial charge in [0, 0.05) is 44.8 Å². The van der Waals surface area contributed by atoms with Crippen molar-refractivity contribution < 1.29 is 23.9 Å². The van der Waals surface area contributed by atoms with Gasteiger partial charge in [-0.25, -0.2) is 4.79 Å². The van der Waals surface area contributed by atoms with Crippen LogP contribution >= 0.6 is 0 Å². The van der Waals surface area contributed by atoms with E-state index in [-0.39, 0.29) is 11.8 Å². The first-order valence-electron chi connectivity index (χ1n) is 11.0. The number of Topliss-reactive ketones (excluding diaryl/α,β-unsaturated/α-hetero) is 1. The molecule has 0 aliphatic carbocycles. The topological polar surface area (TPSA) is 88.2 Å². The Labute approximate surface area is 189 Å². The number of ketones is 1. The molecule has 3 atom stereocenters. The number of carbonyl (C=O) groups is 3. The molecule has 0 unspecified atom stereocenters. The van der Waals surface area contributed by atoms with Crippen molar-refractivity contribution in [2.75, 3.05) is 39.8 Å². The smallest absolute Gasteiger partial charge is 0.322 e. The average Bonchev–Trinajstić information content (AvgIpc) is 2.83. The second-order valence-corrected chi connectivity index (χ2v) is 8.58. The molecule has 2 heterocycles. The zero-order valence-electron chi connectivity index (χ0n) is 19.1. The van der Waals surface area contributed by atoms with E-state index in [0.29, 0.717) is 38.2 Å². The fourth-order valence-electron chi connectivity index (χ4n) is 4.28. The van der Waals surface area contributed by atoms with Crippen LogP contribution in [0.25, 0.3) is 0 Å². The van der Waals surface area contributed by atoms with Crippen LogP contribution in [-0.4, -0.2) is 79.6 Å². The third kappa shape index (κ3) is 5.02. The lowest BCUT2D eigenvalue weighted by Gasteiger charge is -2.42. The van der Waals surface area contributed by atoms with Crippen LogP contribution in [0.1, 0.15) is 25.8 Å². The van der Waals surface area contributed by atoms with E-state index in [1.54, 1.807) is 13.8 Å². The minimum Gasteiger partial charge on any atom is -0.468 e. The van der Waals surface area contributed by atoms with Gasteiger partial charge in [0.2, 0.25) is 0 Å². The van der Waals surface area contributed by atoms with E-state index in [4.69, 9.17) is 9.47 Å². The van der Waals surface area contributed by atoms with Crippen molar-refractivity contribution in [2.24, 2.45) is 5.41 Å². The first-order chi connectivity index (χ1) is 15.3. The summed E-state index contributed by atoms with van der Waals surface area (Å²) in [5.74, 6) is -0.909. The number of nitrogens with zero attached hydrogens (tertiary/aromatic N) is 2. The maximum Gasteiger partial charge on any atom is 0.322 e. The number of amides is 2. The lowest BCUT2D eigenvalue weighted by molar-refractivity contribution is -0.175. The molecule has 0 saturated carbocycles. The van der Waals surface area contributed by atoms with Gasteiger partial charge in [-0.2, -0.15) is 0 Å². The van der Waals surface area contributed by atoms with Crippen molar-refractivity contribution in [3.63, 3.8) is 0 Å². The number of carbonyl (C=O) groups excluding carboxylic acids is 3. The summed E-state index contributed by atoms with van der Waals surface area (Å²) in [6.07, 6.45) is -0.514. The third-order valence-corrected chi connectivity index (χ3v) is 6.53. The molecule has 3 rings (SSSR count). The van der Waals surface area contributed by atoms with E-state index in [2.05, 4.69) is 16.8 Å². The van der Waals surface area contributed by atoms with Gasteiger partial charge in [0.05, 0.1) is 19.3 Å². The van der Waals surface area contributed by atoms with E-state index in [1.807, 2.05) is 35.2 Å². The van der Waals surface area contributed by atoms with Crippen LogP contribution in [0.4, 0.5) is 4.79 Å². The standard InChI is InChI=1S/C24H33N3O5/c1-17-18(2)32-20(24(3,21(17)28)22(29)31-4)10-11-26-12-14-27(15-13-26)23(30)25-16-19-8-6-5-7-9-19/h5-9,18,20H,1,10-16H2,2-4H3,(H,25,30)/t18-,20+,24+/m0/s1. The van der Waals surface area contributed by atoms with Crippen molar-refractivity contribution >= 4 is 17.8 Å². The Balaban J connectivity index is 1.50. The molecule has 2 fully saturated rings. The highest BCUT2D eigenvalue weighted by Gasteiger charge is 2.54. The van der Waals surface area contributed by atoms with Gasteiger partial charge < -0.3 is 19.7 Å². The lowest BCUT2D eigenvalue weighted by atomic mass is 9.73. The van der Waals surface area contributed by atoms with E-state index < -0.39 is 23.6 Å². The van der Waals surface area contributed by atoms with Crippen LogP contribution in [-0.2, 0) is 25.6 Å². The molecule has 8 heteroatoms. The number of ether oxygens (including phenoxy) is 2. The van der Waals surface area contributed by atoms with E-state index in [0.717, 1.165) is 18.7 Å². The predicted octanol–water partition coefficient (Wildman–Crippen LogP) is 2.00. The summed E-state index contributed by atoms with van der Waals surface area (Å²) in [4.78, 5) is 41.8. The van der Waals surface area contributed by atoms with Crippen molar-refractivity contribution in [3.8, 4) is 0 Å². The molecule has 2 amide bonds. The van der Waals surface area contributed by atoms with Crippen molar-refractivity contribution in [1.29, 1.82) is 0 Å². The molecule has 0 aromatic heterocycles. The van der Waals surface area contributed by atoms with Gasteiger partial charge in [-0.15, -0.1) is 0 Å². The number of hydrogen-bond acceptors (Lipinski definition) is 6. The minimum atomic E-state index is -1.39. The maximum atomic E-state index is 12.9. The van der Waals surface area contributed by atoms with E-state index in [1.165, 1.54) is 7.11 Å². The van der Waals surface area contributed by atoms with Gasteiger partial charge in [-0.1, -0.05) is 36.9 Å². The highest BCUT2D eigenvalue weighted by Crippen LogP contribution is 2.38. The van der Waals surface area contributed by atoms with Crippen LogP contribution < -0.4 is 5.32 Å². The first-order valence-corrected chi connectivity index (χ1v) is 11.0. The molecule has 174 valence electrons. The molecular weight excluding hydrogens is 410 g/mol. The van der Waals surface area contributed by atoms with Gasteiger partial charge in [0.15, 0.2) is 11.2 Å². The number of esters is 1. The molecule has 0 radical (unpaired) electrons. The summed E-state index contributed by atoms with van der Waals surface area (Å²) in [5, 5.41) is 2.96. The average molecular weight is 444 g/mol. The van der Waals surface area contributed by atoms with E-state index >= 15 is 0 Å². The Bertz CT molecular complexity index is 850. The molecule has 2 aliphatic rings. The monoisotopic (exact) mass is 443 g/mol. The minimum absolute atomic E-state index is 0.0692. The fraction of sp³-hybridized carbons (Fsp3) is 0.542. The Kier molecular flexibility index (Phi) is 7.69. The van der Waals surface area contributed by atoms with Gasteiger partial charge in [0.25, 0.3) is 0 Å². The second kappa shape index (κ2) is 10.3. The Hall–Kier alpha value is -2.71. The summed E-state index contributed by atoms with van der Waals surface area (Å²) < 4.78 is 10.9. The van der Waals surface area contributed by atoms with Crippen molar-refractivity contribution in [1.82, 2.24) is 15.1 Å². The summed E-state index contributed by atoms with van der Waals surface area (Å²) in [5.41, 5.74) is -0.0336. The van der Waals surface area contributed by atoms with Crippen LogP contribution in [0.2, 0.25) is 0 Å². The Morgan fingerprint density at radius 2 is 1.88 bits per heavy atom. The predicted molar refractivity (Wildman–Crippen MR) is 120 cm³/mol. The van der Waals surface area contributed by atoms with Crippen molar-refractivity contribution in [3.05, 3.63) is 48.0 Å². The molecular formula is C24H33N3O5. The Morgan fingerprint density at radius 1 is 1.22 bits per heavy atom. The van der Waals surface area contributed by atoms with Gasteiger partial charge in [-0.3, -0.25) is 14.5 Å². The van der Waals surface area contributed by atoms with Crippen LogP contribution in [0, 0.1) is 5.41 Å². The number of hydrogen-bond donors (Lipinski definition) is 1. The summed E-state index contributed by atoms with van der Waals surface area (Å²) in [6, 6.07) is 9.74. The molecule has 32 heavy (non-hydrogen) atoms. The molecule has 1 aromatic rings. The molecule has 1 aromatic carbocycles. The van der Waals surface area contributed by atoms with Crippen LogP contribution in [0.5, 0.6) is 0 Å². The summed E-state index contributed by atoms with van der Waals surface area (Å²) in [7, 11) is 1.28. The SMILES string of the molecule is C=C1C(=O)[C@](C)(C(=O)OC)[C@@H](CCN2CCN(C(=O)NCc3ccccc3)CC2)O[C@H]1C.